The fourth-order valence-electron chi connectivity index (χ4n) is 1.46. The molecule has 1 heterocycles. The second-order valence-corrected chi connectivity index (χ2v) is 4.67. The van der Waals surface area contributed by atoms with E-state index in [1.54, 1.807) is 6.20 Å². The topological polar surface area (TPSA) is 50.9 Å². The highest BCUT2D eigenvalue weighted by Gasteiger charge is 2.04. The van der Waals surface area contributed by atoms with Crippen molar-refractivity contribution in [1.29, 1.82) is 0 Å². The lowest BCUT2D eigenvalue weighted by Crippen LogP contribution is -2.15. The van der Waals surface area contributed by atoms with Gasteiger partial charge in [-0.15, -0.1) is 0 Å². The molecule has 0 atom stereocenters. The van der Waals surface area contributed by atoms with E-state index in [-0.39, 0.29) is 0 Å². The molecule has 0 aliphatic heterocycles. The van der Waals surface area contributed by atoms with Gasteiger partial charge in [-0.25, -0.2) is 4.98 Å². The van der Waals surface area contributed by atoms with Crippen molar-refractivity contribution in [3.05, 3.63) is 23.9 Å². The number of nitrogens with two attached hydrogens (primary N) is 1. The van der Waals surface area contributed by atoms with Gasteiger partial charge in [0.15, 0.2) is 0 Å². The Morgan fingerprint density at radius 2 is 2.31 bits per heavy atom. The van der Waals surface area contributed by atoms with Crippen LogP contribution in [0.2, 0.25) is 0 Å². The molecule has 16 heavy (non-hydrogen) atoms. The SMILES string of the molecule is CC(C)CCCNc1ncccc1C(N)=S. The summed E-state index contributed by atoms with van der Waals surface area (Å²) in [6, 6.07) is 3.73. The normalized spacial score (nSPS) is 10.4. The summed E-state index contributed by atoms with van der Waals surface area (Å²) >= 11 is 4.97. The van der Waals surface area contributed by atoms with Crippen LogP contribution in [0.3, 0.4) is 0 Å². The van der Waals surface area contributed by atoms with E-state index >= 15 is 0 Å². The quantitative estimate of drug-likeness (QED) is 0.590. The molecular formula is C12H19N3S. The first kappa shape index (κ1) is 12.9. The highest BCUT2D eigenvalue weighted by molar-refractivity contribution is 7.80. The molecule has 1 aromatic heterocycles. The van der Waals surface area contributed by atoms with Gasteiger partial charge >= 0.3 is 0 Å². The molecule has 0 bridgehead atoms. The first-order chi connectivity index (χ1) is 7.61. The van der Waals surface area contributed by atoms with Crippen molar-refractivity contribution < 1.29 is 0 Å². The fraction of sp³-hybridized carbons (Fsp3) is 0.500. The van der Waals surface area contributed by atoms with E-state index in [0.29, 0.717) is 4.99 Å². The van der Waals surface area contributed by atoms with Crippen molar-refractivity contribution in [3.63, 3.8) is 0 Å². The standard InChI is InChI=1S/C12H19N3S/c1-9(2)5-3-7-14-12-10(11(13)16)6-4-8-15-12/h4,6,8-9H,3,5,7H2,1-2H3,(H2,13,16)(H,14,15). The Bertz CT molecular complexity index is 350. The maximum atomic E-state index is 5.62. The van der Waals surface area contributed by atoms with E-state index in [1.165, 1.54) is 6.42 Å². The van der Waals surface area contributed by atoms with Gasteiger partial charge in [-0.3, -0.25) is 0 Å². The lowest BCUT2D eigenvalue weighted by atomic mass is 10.1. The predicted octanol–water partition coefficient (Wildman–Crippen LogP) is 2.56. The number of hydrogen-bond donors (Lipinski definition) is 2. The molecule has 0 spiro atoms. The lowest BCUT2D eigenvalue weighted by molar-refractivity contribution is 0.566. The highest BCUT2D eigenvalue weighted by Crippen LogP contribution is 2.11. The number of thiocarbonyl (C=S) groups is 1. The minimum atomic E-state index is 0.388. The van der Waals surface area contributed by atoms with E-state index in [2.05, 4.69) is 24.1 Å². The van der Waals surface area contributed by atoms with Gasteiger partial charge < -0.3 is 11.1 Å². The maximum absolute atomic E-state index is 5.62. The number of aromatic nitrogens is 1. The molecule has 0 saturated carbocycles. The molecule has 0 radical (unpaired) electrons. The zero-order valence-corrected chi connectivity index (χ0v) is 10.7. The maximum Gasteiger partial charge on any atom is 0.136 e. The zero-order chi connectivity index (χ0) is 12.0. The average Bonchev–Trinajstić information content (AvgIpc) is 2.24. The van der Waals surface area contributed by atoms with E-state index < -0.39 is 0 Å². The number of nitrogens with one attached hydrogen (secondary N) is 1. The Hall–Kier alpha value is -1.16. The van der Waals surface area contributed by atoms with Crippen molar-refractivity contribution in [1.82, 2.24) is 4.98 Å². The molecule has 3 N–H and O–H groups in total. The summed E-state index contributed by atoms with van der Waals surface area (Å²) in [6.45, 7) is 5.35. The molecule has 4 heteroatoms. The van der Waals surface area contributed by atoms with Gasteiger partial charge in [0.1, 0.15) is 10.8 Å². The summed E-state index contributed by atoms with van der Waals surface area (Å²) in [7, 11) is 0. The van der Waals surface area contributed by atoms with E-state index in [1.807, 2.05) is 12.1 Å². The second kappa shape index (κ2) is 6.43. The first-order valence-corrected chi connectivity index (χ1v) is 6.00. The van der Waals surface area contributed by atoms with E-state index in [9.17, 15) is 0 Å². The number of anilines is 1. The van der Waals surface area contributed by atoms with Crippen LogP contribution in [0.25, 0.3) is 0 Å². The summed E-state index contributed by atoms with van der Waals surface area (Å²) < 4.78 is 0. The molecule has 88 valence electrons. The van der Waals surface area contributed by atoms with Crippen LogP contribution in [0.1, 0.15) is 32.3 Å². The predicted molar refractivity (Wildman–Crippen MR) is 72.7 cm³/mol. The van der Waals surface area contributed by atoms with Gasteiger partial charge in [0, 0.05) is 12.7 Å². The average molecular weight is 237 g/mol. The van der Waals surface area contributed by atoms with Crippen LogP contribution in [0.4, 0.5) is 5.82 Å². The summed E-state index contributed by atoms with van der Waals surface area (Å²) in [5.41, 5.74) is 6.44. The first-order valence-electron chi connectivity index (χ1n) is 5.60. The Balaban J connectivity index is 2.50. The molecule has 0 unspecified atom stereocenters. The number of rotatable bonds is 6. The van der Waals surface area contributed by atoms with Crippen LogP contribution in [-0.2, 0) is 0 Å². The molecule has 0 aliphatic rings. The minimum absolute atomic E-state index is 0.388. The van der Waals surface area contributed by atoms with Gasteiger partial charge in [-0.05, 0) is 30.9 Å². The van der Waals surface area contributed by atoms with Gasteiger partial charge in [-0.2, -0.15) is 0 Å². The Morgan fingerprint density at radius 1 is 1.56 bits per heavy atom. The van der Waals surface area contributed by atoms with E-state index in [4.69, 9.17) is 18.0 Å². The monoisotopic (exact) mass is 237 g/mol. The number of nitrogens with zero attached hydrogens (tertiary/aromatic N) is 1. The van der Waals surface area contributed by atoms with Crippen molar-refractivity contribution in [2.45, 2.75) is 26.7 Å². The number of pyridine rings is 1. The molecule has 0 aliphatic carbocycles. The van der Waals surface area contributed by atoms with Crippen molar-refractivity contribution in [2.75, 3.05) is 11.9 Å². The molecule has 1 rings (SSSR count). The molecular weight excluding hydrogens is 218 g/mol. The Kier molecular flexibility index (Phi) is 5.19. The molecule has 0 saturated heterocycles. The zero-order valence-electron chi connectivity index (χ0n) is 9.86. The highest BCUT2D eigenvalue weighted by atomic mass is 32.1. The molecule has 1 aromatic rings. The summed E-state index contributed by atoms with van der Waals surface area (Å²) in [5.74, 6) is 1.53. The summed E-state index contributed by atoms with van der Waals surface area (Å²) in [5, 5.41) is 3.27. The van der Waals surface area contributed by atoms with Gasteiger partial charge in [0.25, 0.3) is 0 Å². The van der Waals surface area contributed by atoms with Gasteiger partial charge in [0.2, 0.25) is 0 Å². The third kappa shape index (κ3) is 4.14. The van der Waals surface area contributed by atoms with Crippen molar-refractivity contribution in [2.24, 2.45) is 11.7 Å². The van der Waals surface area contributed by atoms with Gasteiger partial charge in [0.05, 0.1) is 5.56 Å². The molecule has 0 aromatic carbocycles. The fourth-order valence-corrected chi connectivity index (χ4v) is 1.63. The lowest BCUT2D eigenvalue weighted by Gasteiger charge is -2.10. The van der Waals surface area contributed by atoms with Crippen LogP contribution in [0.5, 0.6) is 0 Å². The van der Waals surface area contributed by atoms with Crippen molar-refractivity contribution >= 4 is 23.0 Å². The van der Waals surface area contributed by atoms with E-state index in [0.717, 1.165) is 30.3 Å². The third-order valence-electron chi connectivity index (χ3n) is 2.32. The Labute approximate surface area is 102 Å². The number of hydrogen-bond acceptors (Lipinski definition) is 3. The van der Waals surface area contributed by atoms with Crippen LogP contribution >= 0.6 is 12.2 Å². The molecule has 0 amide bonds. The minimum Gasteiger partial charge on any atom is -0.389 e. The van der Waals surface area contributed by atoms with Crippen LogP contribution in [0.15, 0.2) is 18.3 Å². The van der Waals surface area contributed by atoms with Crippen molar-refractivity contribution in [3.8, 4) is 0 Å². The van der Waals surface area contributed by atoms with Gasteiger partial charge in [-0.1, -0.05) is 26.1 Å². The molecule has 3 nitrogen and oxygen atoms in total. The third-order valence-corrected chi connectivity index (χ3v) is 2.54. The van der Waals surface area contributed by atoms with Crippen LogP contribution < -0.4 is 11.1 Å². The largest absolute Gasteiger partial charge is 0.389 e. The second-order valence-electron chi connectivity index (χ2n) is 4.23. The van der Waals surface area contributed by atoms with Crippen LogP contribution in [0, 0.1) is 5.92 Å². The molecule has 0 fully saturated rings. The summed E-state index contributed by atoms with van der Waals surface area (Å²) in [6.07, 6.45) is 4.08. The summed E-state index contributed by atoms with van der Waals surface area (Å²) in [4.78, 5) is 4.63. The van der Waals surface area contributed by atoms with Crippen LogP contribution in [-0.4, -0.2) is 16.5 Å². The smallest absolute Gasteiger partial charge is 0.136 e. The Morgan fingerprint density at radius 3 is 2.94 bits per heavy atom.